The van der Waals surface area contributed by atoms with Gasteiger partial charge in [-0.15, -0.1) is 0 Å². The molecule has 0 unspecified atom stereocenters. The lowest BCUT2D eigenvalue weighted by Gasteiger charge is -2.19. The van der Waals surface area contributed by atoms with Crippen molar-refractivity contribution >= 4 is 23.3 Å². The second-order valence-electron chi connectivity index (χ2n) is 5.06. The van der Waals surface area contributed by atoms with Gasteiger partial charge in [0.25, 0.3) is 5.91 Å². The number of halogens is 1. The van der Waals surface area contributed by atoms with E-state index in [1.807, 2.05) is 0 Å². The quantitative estimate of drug-likeness (QED) is 0.871. The molecule has 0 saturated carbocycles. The van der Waals surface area contributed by atoms with Crippen molar-refractivity contribution in [2.45, 2.75) is 27.2 Å². The third-order valence-corrected chi connectivity index (χ3v) is 2.90. The molecule has 1 heterocycles. The summed E-state index contributed by atoms with van der Waals surface area (Å²) in [6, 6.07) is 1.67. The number of nitrogens with zero attached hydrogens (tertiary/aromatic N) is 2. The number of amides is 1. The molecule has 1 rings (SSSR count). The fourth-order valence-corrected chi connectivity index (χ4v) is 2.01. The molecule has 1 aromatic heterocycles. The van der Waals surface area contributed by atoms with Crippen molar-refractivity contribution in [3.63, 3.8) is 0 Å². The van der Waals surface area contributed by atoms with Gasteiger partial charge in [-0.3, -0.25) is 4.79 Å². The highest BCUT2D eigenvalue weighted by Gasteiger charge is 2.14. The summed E-state index contributed by atoms with van der Waals surface area (Å²) in [6.45, 7) is 7.75. The Morgan fingerprint density at radius 2 is 2.21 bits per heavy atom. The molecule has 0 aromatic carbocycles. The summed E-state index contributed by atoms with van der Waals surface area (Å²) in [7, 11) is 1.79. The second kappa shape index (κ2) is 7.34. The van der Waals surface area contributed by atoms with E-state index in [0.717, 1.165) is 13.0 Å². The van der Waals surface area contributed by atoms with Crippen LogP contribution in [0.1, 0.15) is 37.6 Å². The van der Waals surface area contributed by atoms with E-state index in [1.54, 1.807) is 24.2 Å². The molecule has 106 valence electrons. The van der Waals surface area contributed by atoms with Crippen molar-refractivity contribution in [3.05, 3.63) is 22.8 Å². The summed E-state index contributed by atoms with van der Waals surface area (Å²) < 4.78 is 0. The number of pyridine rings is 1. The highest BCUT2D eigenvalue weighted by Crippen LogP contribution is 2.20. The van der Waals surface area contributed by atoms with Gasteiger partial charge in [0.15, 0.2) is 0 Å². The lowest BCUT2D eigenvalue weighted by atomic mass is 10.2. The van der Waals surface area contributed by atoms with Crippen LogP contribution in [-0.4, -0.2) is 35.9 Å². The molecule has 1 aromatic rings. The highest BCUT2D eigenvalue weighted by molar-refractivity contribution is 6.33. The molecule has 4 nitrogen and oxygen atoms in total. The summed E-state index contributed by atoms with van der Waals surface area (Å²) in [5.74, 6) is 1.01. The Balaban J connectivity index is 2.79. The van der Waals surface area contributed by atoms with E-state index < -0.39 is 0 Å². The number of carbonyl (C=O) groups is 1. The van der Waals surface area contributed by atoms with E-state index in [9.17, 15) is 4.79 Å². The molecule has 0 aliphatic rings. The lowest BCUT2D eigenvalue weighted by Crippen LogP contribution is -2.30. The van der Waals surface area contributed by atoms with Crippen molar-refractivity contribution in [3.8, 4) is 0 Å². The second-order valence-corrected chi connectivity index (χ2v) is 5.47. The zero-order valence-corrected chi connectivity index (χ0v) is 12.8. The molecule has 0 atom stereocenters. The number of rotatable bonds is 6. The Morgan fingerprint density at radius 1 is 1.53 bits per heavy atom. The average Bonchev–Trinajstić information content (AvgIpc) is 2.35. The van der Waals surface area contributed by atoms with Crippen molar-refractivity contribution < 1.29 is 4.79 Å². The molecular formula is C14H22ClN3O. The fourth-order valence-electron chi connectivity index (χ4n) is 1.78. The molecule has 0 aliphatic carbocycles. The van der Waals surface area contributed by atoms with Crippen LogP contribution in [0.3, 0.4) is 0 Å². The van der Waals surface area contributed by atoms with Gasteiger partial charge in [0, 0.05) is 26.3 Å². The number of anilines is 1. The maximum atomic E-state index is 12.2. The molecule has 0 aliphatic heterocycles. The fraction of sp³-hybridized carbons (Fsp3) is 0.571. The molecule has 0 spiro atoms. The minimum Gasteiger partial charge on any atom is -0.369 e. The molecule has 0 saturated heterocycles. The van der Waals surface area contributed by atoms with Gasteiger partial charge >= 0.3 is 0 Å². The first-order chi connectivity index (χ1) is 8.95. The summed E-state index contributed by atoms with van der Waals surface area (Å²) >= 11 is 6.12. The molecule has 0 radical (unpaired) electrons. The first-order valence-electron chi connectivity index (χ1n) is 6.60. The SMILES string of the molecule is CCCNc1ncc(C(=O)N(C)CC(C)C)cc1Cl. The van der Waals surface area contributed by atoms with Crippen LogP contribution in [-0.2, 0) is 0 Å². The largest absolute Gasteiger partial charge is 0.369 e. The Labute approximate surface area is 120 Å². The Hall–Kier alpha value is -1.29. The third kappa shape index (κ3) is 4.71. The third-order valence-electron chi connectivity index (χ3n) is 2.62. The molecule has 1 amide bonds. The maximum absolute atomic E-state index is 12.2. The van der Waals surface area contributed by atoms with Crippen LogP contribution < -0.4 is 5.32 Å². The monoisotopic (exact) mass is 283 g/mol. The van der Waals surface area contributed by atoms with E-state index in [2.05, 4.69) is 31.1 Å². The number of aromatic nitrogens is 1. The van der Waals surface area contributed by atoms with Gasteiger partial charge in [0.05, 0.1) is 10.6 Å². The number of hydrogen-bond donors (Lipinski definition) is 1. The van der Waals surface area contributed by atoms with Crippen LogP contribution in [0.4, 0.5) is 5.82 Å². The standard InChI is InChI=1S/C14H22ClN3O/c1-5-6-16-13-12(15)7-11(8-17-13)14(19)18(4)9-10(2)3/h7-8,10H,5-6,9H2,1-4H3,(H,16,17). The molecule has 0 bridgehead atoms. The van der Waals surface area contributed by atoms with Gasteiger partial charge in [-0.2, -0.15) is 0 Å². The van der Waals surface area contributed by atoms with Crippen molar-refractivity contribution in [2.24, 2.45) is 5.92 Å². The van der Waals surface area contributed by atoms with Crippen molar-refractivity contribution in [1.29, 1.82) is 0 Å². The normalized spacial score (nSPS) is 10.6. The van der Waals surface area contributed by atoms with Gasteiger partial charge in [-0.05, 0) is 18.4 Å². The predicted molar refractivity (Wildman–Crippen MR) is 79.8 cm³/mol. The van der Waals surface area contributed by atoms with E-state index in [0.29, 0.717) is 28.9 Å². The van der Waals surface area contributed by atoms with Crippen LogP contribution in [0.25, 0.3) is 0 Å². The molecule has 1 N–H and O–H groups in total. The topological polar surface area (TPSA) is 45.2 Å². The highest BCUT2D eigenvalue weighted by atomic mass is 35.5. The van der Waals surface area contributed by atoms with E-state index in [4.69, 9.17) is 11.6 Å². The summed E-state index contributed by atoms with van der Waals surface area (Å²) in [6.07, 6.45) is 2.57. The summed E-state index contributed by atoms with van der Waals surface area (Å²) in [5.41, 5.74) is 0.523. The molecule has 5 heteroatoms. The molecule has 19 heavy (non-hydrogen) atoms. The number of hydrogen-bond acceptors (Lipinski definition) is 3. The molecule has 0 fully saturated rings. The number of nitrogens with one attached hydrogen (secondary N) is 1. The Bertz CT molecular complexity index is 435. The van der Waals surface area contributed by atoms with Crippen molar-refractivity contribution in [2.75, 3.05) is 25.5 Å². The van der Waals surface area contributed by atoms with Gasteiger partial charge in [-0.25, -0.2) is 4.98 Å². The number of carbonyl (C=O) groups excluding carboxylic acids is 1. The molecular weight excluding hydrogens is 262 g/mol. The van der Waals surface area contributed by atoms with Crippen LogP contribution in [0.15, 0.2) is 12.3 Å². The predicted octanol–water partition coefficient (Wildman–Crippen LogP) is 3.28. The van der Waals surface area contributed by atoms with E-state index >= 15 is 0 Å². The average molecular weight is 284 g/mol. The summed E-state index contributed by atoms with van der Waals surface area (Å²) in [5, 5.41) is 3.61. The van der Waals surface area contributed by atoms with Crippen LogP contribution in [0.5, 0.6) is 0 Å². The van der Waals surface area contributed by atoms with Gasteiger partial charge < -0.3 is 10.2 Å². The zero-order valence-electron chi connectivity index (χ0n) is 12.0. The zero-order chi connectivity index (χ0) is 14.4. The van der Waals surface area contributed by atoms with Crippen molar-refractivity contribution in [1.82, 2.24) is 9.88 Å². The smallest absolute Gasteiger partial charge is 0.255 e. The summed E-state index contributed by atoms with van der Waals surface area (Å²) in [4.78, 5) is 18.1. The Morgan fingerprint density at radius 3 is 2.74 bits per heavy atom. The lowest BCUT2D eigenvalue weighted by molar-refractivity contribution is 0.0779. The van der Waals surface area contributed by atoms with Crippen LogP contribution in [0, 0.1) is 5.92 Å². The first kappa shape index (κ1) is 15.8. The van der Waals surface area contributed by atoms with E-state index in [1.165, 1.54) is 0 Å². The maximum Gasteiger partial charge on any atom is 0.255 e. The van der Waals surface area contributed by atoms with Gasteiger partial charge in [0.1, 0.15) is 5.82 Å². The van der Waals surface area contributed by atoms with Gasteiger partial charge in [0.2, 0.25) is 0 Å². The first-order valence-corrected chi connectivity index (χ1v) is 6.98. The van der Waals surface area contributed by atoms with Crippen LogP contribution in [0.2, 0.25) is 5.02 Å². The van der Waals surface area contributed by atoms with Gasteiger partial charge in [-0.1, -0.05) is 32.4 Å². The van der Waals surface area contributed by atoms with Crippen LogP contribution >= 0.6 is 11.6 Å². The minimum atomic E-state index is -0.0508. The Kier molecular flexibility index (Phi) is 6.09. The minimum absolute atomic E-state index is 0.0508. The van der Waals surface area contributed by atoms with E-state index in [-0.39, 0.29) is 5.91 Å².